The third-order valence-corrected chi connectivity index (χ3v) is 5.76. The van der Waals surface area contributed by atoms with E-state index in [1.165, 1.54) is 22.3 Å². The van der Waals surface area contributed by atoms with Crippen LogP contribution in [0.1, 0.15) is 53.4 Å². The van der Waals surface area contributed by atoms with E-state index >= 15 is 0 Å². The molecule has 2 aliphatic rings. The number of benzene rings is 3. The smallest absolute Gasteiger partial charge is 0.213 e. The molecular formula is C25H24N2O. The molecule has 0 bridgehead atoms. The minimum Gasteiger partial charge on any atom is -0.464 e. The SMILES string of the molecule is CCc1ccc([C@H]2Oc3ccccc3[C@H]3CC(c4ccc(C)cc4)=NN32)cc1. The van der Waals surface area contributed by atoms with Gasteiger partial charge >= 0.3 is 0 Å². The summed E-state index contributed by atoms with van der Waals surface area (Å²) >= 11 is 0. The lowest BCUT2D eigenvalue weighted by molar-refractivity contribution is -0.0190. The zero-order valence-electron chi connectivity index (χ0n) is 16.3. The van der Waals surface area contributed by atoms with Crippen LogP contribution < -0.4 is 4.74 Å². The Morgan fingerprint density at radius 1 is 0.964 bits per heavy atom. The van der Waals surface area contributed by atoms with Gasteiger partial charge in [0.15, 0.2) is 0 Å². The Hall–Kier alpha value is -3.07. The maximum Gasteiger partial charge on any atom is 0.213 e. The number of hydrogen-bond acceptors (Lipinski definition) is 3. The maximum absolute atomic E-state index is 6.43. The van der Waals surface area contributed by atoms with Gasteiger partial charge in [0.25, 0.3) is 0 Å². The van der Waals surface area contributed by atoms with Crippen molar-refractivity contribution in [3.8, 4) is 5.75 Å². The van der Waals surface area contributed by atoms with Crippen LogP contribution in [0, 0.1) is 6.92 Å². The third kappa shape index (κ3) is 2.88. The second kappa shape index (κ2) is 6.83. The van der Waals surface area contributed by atoms with Gasteiger partial charge in [-0.05, 0) is 30.5 Å². The van der Waals surface area contributed by atoms with Crippen molar-refractivity contribution in [2.24, 2.45) is 5.10 Å². The molecular weight excluding hydrogens is 344 g/mol. The van der Waals surface area contributed by atoms with E-state index in [1.54, 1.807) is 0 Å². The molecule has 3 heteroatoms. The van der Waals surface area contributed by atoms with Crippen molar-refractivity contribution in [3.63, 3.8) is 0 Å². The van der Waals surface area contributed by atoms with Crippen LogP contribution in [0.15, 0.2) is 77.9 Å². The average Bonchev–Trinajstić information content (AvgIpc) is 3.19. The third-order valence-electron chi connectivity index (χ3n) is 5.76. The van der Waals surface area contributed by atoms with E-state index in [1.807, 2.05) is 6.07 Å². The molecule has 5 rings (SSSR count). The lowest BCUT2D eigenvalue weighted by Gasteiger charge is -2.38. The van der Waals surface area contributed by atoms with Gasteiger partial charge in [-0.2, -0.15) is 5.10 Å². The number of hydrazone groups is 1. The van der Waals surface area contributed by atoms with Crippen molar-refractivity contribution in [1.29, 1.82) is 0 Å². The first-order chi connectivity index (χ1) is 13.7. The van der Waals surface area contributed by atoms with Crippen molar-refractivity contribution in [1.82, 2.24) is 5.01 Å². The summed E-state index contributed by atoms with van der Waals surface area (Å²) in [5, 5.41) is 7.19. The van der Waals surface area contributed by atoms with Gasteiger partial charge in [-0.15, -0.1) is 0 Å². The molecule has 0 aliphatic carbocycles. The molecule has 2 heterocycles. The zero-order valence-corrected chi connectivity index (χ0v) is 16.3. The Morgan fingerprint density at radius 2 is 1.71 bits per heavy atom. The van der Waals surface area contributed by atoms with Crippen LogP contribution in [0.2, 0.25) is 0 Å². The molecule has 2 atom stereocenters. The van der Waals surface area contributed by atoms with E-state index in [9.17, 15) is 0 Å². The van der Waals surface area contributed by atoms with Gasteiger partial charge in [-0.3, -0.25) is 0 Å². The van der Waals surface area contributed by atoms with E-state index in [0.717, 1.165) is 29.9 Å². The fourth-order valence-corrected chi connectivity index (χ4v) is 4.09. The largest absolute Gasteiger partial charge is 0.464 e. The fourth-order valence-electron chi connectivity index (χ4n) is 4.09. The molecule has 2 aliphatic heterocycles. The quantitative estimate of drug-likeness (QED) is 0.584. The summed E-state index contributed by atoms with van der Waals surface area (Å²) in [7, 11) is 0. The summed E-state index contributed by atoms with van der Waals surface area (Å²) < 4.78 is 6.43. The first-order valence-corrected chi connectivity index (χ1v) is 10.00. The second-order valence-corrected chi connectivity index (χ2v) is 7.62. The van der Waals surface area contributed by atoms with Crippen molar-refractivity contribution in [2.75, 3.05) is 0 Å². The predicted octanol–water partition coefficient (Wildman–Crippen LogP) is 5.80. The number of fused-ring (bicyclic) bond motifs is 3. The van der Waals surface area contributed by atoms with E-state index < -0.39 is 0 Å². The summed E-state index contributed by atoms with van der Waals surface area (Å²) in [6, 6.07) is 25.9. The highest BCUT2D eigenvalue weighted by molar-refractivity contribution is 6.02. The summed E-state index contributed by atoms with van der Waals surface area (Å²) in [5.74, 6) is 0.966. The van der Waals surface area contributed by atoms with Crippen LogP contribution in [0.4, 0.5) is 0 Å². The minimum absolute atomic E-state index is 0.200. The molecule has 28 heavy (non-hydrogen) atoms. The number of aryl methyl sites for hydroxylation is 2. The zero-order chi connectivity index (χ0) is 19.1. The Morgan fingerprint density at radius 3 is 2.46 bits per heavy atom. The highest BCUT2D eigenvalue weighted by Gasteiger charge is 2.40. The molecule has 0 unspecified atom stereocenters. The predicted molar refractivity (Wildman–Crippen MR) is 113 cm³/mol. The second-order valence-electron chi connectivity index (χ2n) is 7.62. The van der Waals surface area contributed by atoms with Gasteiger partial charge in [0.1, 0.15) is 5.75 Å². The molecule has 0 amide bonds. The molecule has 140 valence electrons. The summed E-state index contributed by atoms with van der Waals surface area (Å²) in [6.07, 6.45) is 1.73. The molecule has 0 aromatic heterocycles. The lowest BCUT2D eigenvalue weighted by Crippen LogP contribution is -2.33. The highest BCUT2D eigenvalue weighted by atomic mass is 16.5. The van der Waals surface area contributed by atoms with Crippen LogP contribution in [-0.2, 0) is 6.42 Å². The van der Waals surface area contributed by atoms with E-state index in [0.29, 0.717) is 0 Å². The molecule has 0 saturated heterocycles. The first-order valence-electron chi connectivity index (χ1n) is 10.00. The minimum atomic E-state index is -0.200. The Kier molecular flexibility index (Phi) is 4.16. The average molecular weight is 368 g/mol. The van der Waals surface area contributed by atoms with Gasteiger partial charge in [0.05, 0.1) is 11.8 Å². The molecule has 0 spiro atoms. The van der Waals surface area contributed by atoms with E-state index in [-0.39, 0.29) is 12.3 Å². The first kappa shape index (κ1) is 17.1. The van der Waals surface area contributed by atoms with Crippen molar-refractivity contribution >= 4 is 5.71 Å². The standard InChI is InChI=1S/C25H24N2O/c1-3-18-10-14-20(15-11-18)25-27-23(21-6-4-5-7-24(21)28-25)16-22(26-27)19-12-8-17(2)9-13-19/h4-15,23,25H,3,16H2,1-2H3/t23-,25-/m1/s1. The molecule has 3 nitrogen and oxygen atoms in total. The molecule has 0 fully saturated rings. The fraction of sp³-hybridized carbons (Fsp3) is 0.240. The highest BCUT2D eigenvalue weighted by Crippen LogP contribution is 2.47. The van der Waals surface area contributed by atoms with E-state index in [4.69, 9.17) is 9.84 Å². The summed E-state index contributed by atoms with van der Waals surface area (Å²) in [4.78, 5) is 0. The Labute approximate surface area is 166 Å². The van der Waals surface area contributed by atoms with Gasteiger partial charge in [-0.1, -0.05) is 79.2 Å². The number of nitrogens with zero attached hydrogens (tertiary/aromatic N) is 2. The van der Waals surface area contributed by atoms with Crippen molar-refractivity contribution in [2.45, 2.75) is 39.0 Å². The normalized spacial score (nSPS) is 20.2. The topological polar surface area (TPSA) is 24.8 Å². The number of hydrogen-bond donors (Lipinski definition) is 0. The van der Waals surface area contributed by atoms with Crippen LogP contribution in [-0.4, -0.2) is 10.7 Å². The Balaban J connectivity index is 1.56. The van der Waals surface area contributed by atoms with Crippen LogP contribution in [0.3, 0.4) is 0 Å². The molecule has 3 aromatic rings. The lowest BCUT2D eigenvalue weighted by atomic mass is 9.95. The molecule has 3 aromatic carbocycles. The number of ether oxygens (including phenoxy) is 1. The van der Waals surface area contributed by atoms with Crippen molar-refractivity contribution in [3.05, 3.63) is 101 Å². The van der Waals surface area contributed by atoms with E-state index in [2.05, 4.69) is 85.6 Å². The maximum atomic E-state index is 6.43. The monoisotopic (exact) mass is 368 g/mol. The summed E-state index contributed by atoms with van der Waals surface area (Å²) in [6.45, 7) is 4.29. The Bertz CT molecular complexity index is 1020. The number of rotatable bonds is 3. The molecule has 0 radical (unpaired) electrons. The van der Waals surface area contributed by atoms with Gasteiger partial charge in [-0.25, -0.2) is 5.01 Å². The van der Waals surface area contributed by atoms with Gasteiger partial charge in [0, 0.05) is 17.5 Å². The van der Waals surface area contributed by atoms with Gasteiger partial charge in [0.2, 0.25) is 6.23 Å². The molecule has 0 N–H and O–H groups in total. The van der Waals surface area contributed by atoms with Gasteiger partial charge < -0.3 is 4.74 Å². The van der Waals surface area contributed by atoms with Crippen LogP contribution in [0.5, 0.6) is 5.75 Å². The van der Waals surface area contributed by atoms with Crippen LogP contribution >= 0.6 is 0 Å². The van der Waals surface area contributed by atoms with Crippen molar-refractivity contribution < 1.29 is 4.74 Å². The summed E-state index contributed by atoms with van der Waals surface area (Å²) in [5.41, 5.74) is 7.28. The van der Waals surface area contributed by atoms with Crippen LogP contribution in [0.25, 0.3) is 0 Å². The number of para-hydroxylation sites is 1. The molecule has 0 saturated carbocycles.